The number of thiazole rings is 1. The van der Waals surface area contributed by atoms with Gasteiger partial charge in [0.1, 0.15) is 0 Å². The molecule has 0 unspecified atom stereocenters. The Balaban J connectivity index is 1.94. The van der Waals surface area contributed by atoms with Crippen LogP contribution in [0.1, 0.15) is 11.3 Å². The van der Waals surface area contributed by atoms with Gasteiger partial charge in [0.05, 0.1) is 11.2 Å². The fraction of sp³-hybridized carbons (Fsp3) is 0.143. The van der Waals surface area contributed by atoms with Crippen molar-refractivity contribution >= 4 is 39.2 Å². The fourth-order valence-electron chi connectivity index (χ4n) is 1.53. The van der Waals surface area contributed by atoms with E-state index < -0.39 is 0 Å². The van der Waals surface area contributed by atoms with E-state index in [0.29, 0.717) is 6.54 Å². The van der Waals surface area contributed by atoms with Gasteiger partial charge in [0.2, 0.25) is 5.91 Å². The molecule has 1 aromatic carbocycles. The number of nitrogens with zero attached hydrogens (tertiary/aromatic N) is 2. The number of rotatable bonds is 4. The first-order chi connectivity index (χ1) is 9.15. The number of carbonyl (C=O) groups is 1. The average molecular weight is 337 g/mol. The topological polar surface area (TPSA) is 33.2 Å². The van der Waals surface area contributed by atoms with Crippen LogP contribution < -0.4 is 0 Å². The molecule has 0 aliphatic carbocycles. The number of carbonyl (C=O) groups excluding carboxylic acids is 1. The van der Waals surface area contributed by atoms with Gasteiger partial charge in [-0.25, -0.2) is 4.98 Å². The van der Waals surface area contributed by atoms with Crippen molar-refractivity contribution in [1.82, 2.24) is 9.88 Å². The highest BCUT2D eigenvalue weighted by Gasteiger charge is 2.05. The minimum Gasteiger partial charge on any atom is -0.338 e. The lowest BCUT2D eigenvalue weighted by Crippen LogP contribution is -2.24. The molecule has 5 heteroatoms. The van der Waals surface area contributed by atoms with E-state index in [1.807, 2.05) is 29.6 Å². The number of amides is 1. The molecule has 0 aliphatic rings. The minimum absolute atomic E-state index is 0.0316. The summed E-state index contributed by atoms with van der Waals surface area (Å²) in [6, 6.07) is 7.94. The maximum atomic E-state index is 11.9. The lowest BCUT2D eigenvalue weighted by atomic mass is 10.2. The van der Waals surface area contributed by atoms with E-state index in [2.05, 4.69) is 20.9 Å². The molecule has 98 valence electrons. The second-order valence-corrected chi connectivity index (χ2v) is 5.70. The molecule has 0 saturated carbocycles. The van der Waals surface area contributed by atoms with E-state index in [4.69, 9.17) is 0 Å². The van der Waals surface area contributed by atoms with Gasteiger partial charge in [-0.05, 0) is 23.8 Å². The van der Waals surface area contributed by atoms with Crippen molar-refractivity contribution < 1.29 is 4.79 Å². The molecule has 1 aromatic heterocycles. The number of aromatic nitrogens is 1. The molecular weight excluding hydrogens is 324 g/mol. The van der Waals surface area contributed by atoms with Crippen molar-refractivity contribution in [2.24, 2.45) is 0 Å². The van der Waals surface area contributed by atoms with Gasteiger partial charge in [-0.3, -0.25) is 4.79 Å². The number of hydrogen-bond donors (Lipinski definition) is 0. The van der Waals surface area contributed by atoms with Gasteiger partial charge in [0, 0.05) is 29.5 Å². The number of hydrogen-bond acceptors (Lipinski definition) is 3. The third-order valence-corrected chi connectivity index (χ3v) is 3.69. The van der Waals surface area contributed by atoms with Crippen molar-refractivity contribution in [2.75, 3.05) is 7.05 Å². The molecule has 0 spiro atoms. The van der Waals surface area contributed by atoms with Crippen molar-refractivity contribution in [3.8, 4) is 0 Å². The predicted octanol–water partition coefficient (Wildman–Crippen LogP) is 3.58. The first kappa shape index (κ1) is 14.0. The van der Waals surface area contributed by atoms with Crippen LogP contribution in [-0.4, -0.2) is 22.8 Å². The van der Waals surface area contributed by atoms with Gasteiger partial charge in [-0.1, -0.05) is 28.1 Å². The lowest BCUT2D eigenvalue weighted by molar-refractivity contribution is -0.125. The quantitative estimate of drug-likeness (QED) is 0.799. The zero-order valence-corrected chi connectivity index (χ0v) is 12.8. The Morgan fingerprint density at radius 3 is 2.79 bits per heavy atom. The first-order valence-corrected chi connectivity index (χ1v) is 7.44. The van der Waals surface area contributed by atoms with Crippen LogP contribution in [-0.2, 0) is 11.3 Å². The second kappa shape index (κ2) is 6.63. The Hall–Kier alpha value is -1.46. The molecule has 0 bridgehead atoms. The summed E-state index contributed by atoms with van der Waals surface area (Å²) < 4.78 is 1.04. The lowest BCUT2D eigenvalue weighted by Gasteiger charge is -2.15. The summed E-state index contributed by atoms with van der Waals surface area (Å²) in [5, 5.41) is 1.90. The van der Waals surface area contributed by atoms with E-state index in [-0.39, 0.29) is 5.91 Å². The largest absolute Gasteiger partial charge is 0.338 e. The maximum absolute atomic E-state index is 11.9. The number of benzene rings is 1. The SMILES string of the molecule is CN(Cc1ccc(Br)cc1)C(=O)/C=C\c1cscn1. The average Bonchev–Trinajstić information content (AvgIpc) is 2.91. The molecule has 0 atom stereocenters. The summed E-state index contributed by atoms with van der Waals surface area (Å²) in [6.07, 6.45) is 3.28. The number of halogens is 1. The molecule has 0 fully saturated rings. The van der Waals surface area contributed by atoms with E-state index in [1.165, 1.54) is 11.3 Å². The Morgan fingerprint density at radius 2 is 2.16 bits per heavy atom. The van der Waals surface area contributed by atoms with Crippen LogP contribution in [0, 0.1) is 0 Å². The van der Waals surface area contributed by atoms with E-state index >= 15 is 0 Å². The third kappa shape index (κ3) is 4.29. The smallest absolute Gasteiger partial charge is 0.246 e. The standard InChI is InChI=1S/C14H13BrN2OS/c1-17(8-11-2-4-12(15)5-3-11)14(18)7-6-13-9-19-10-16-13/h2-7,9-10H,8H2,1H3/b7-6-. The fourth-order valence-corrected chi connectivity index (χ4v) is 2.32. The zero-order chi connectivity index (χ0) is 13.7. The number of likely N-dealkylation sites (N-methyl/N-ethyl adjacent to an activating group) is 1. The van der Waals surface area contributed by atoms with Crippen molar-refractivity contribution in [3.63, 3.8) is 0 Å². The van der Waals surface area contributed by atoms with Crippen LogP contribution in [0.2, 0.25) is 0 Å². The highest BCUT2D eigenvalue weighted by Crippen LogP contribution is 2.12. The van der Waals surface area contributed by atoms with Gasteiger partial charge >= 0.3 is 0 Å². The molecular formula is C14H13BrN2OS. The van der Waals surface area contributed by atoms with Gasteiger partial charge in [0.15, 0.2) is 0 Å². The van der Waals surface area contributed by atoms with Crippen LogP contribution >= 0.6 is 27.3 Å². The van der Waals surface area contributed by atoms with Gasteiger partial charge in [-0.15, -0.1) is 11.3 Å². The highest BCUT2D eigenvalue weighted by molar-refractivity contribution is 9.10. The van der Waals surface area contributed by atoms with Crippen LogP contribution in [0.5, 0.6) is 0 Å². The van der Waals surface area contributed by atoms with E-state index in [9.17, 15) is 4.79 Å². The minimum atomic E-state index is -0.0316. The molecule has 0 radical (unpaired) electrons. The molecule has 2 aromatic rings. The monoisotopic (exact) mass is 336 g/mol. The van der Waals surface area contributed by atoms with Gasteiger partial charge in [-0.2, -0.15) is 0 Å². The molecule has 0 N–H and O–H groups in total. The molecule has 0 aliphatic heterocycles. The molecule has 1 amide bonds. The summed E-state index contributed by atoms with van der Waals surface area (Å²) >= 11 is 4.90. The summed E-state index contributed by atoms with van der Waals surface area (Å²) in [7, 11) is 1.79. The zero-order valence-electron chi connectivity index (χ0n) is 10.4. The van der Waals surface area contributed by atoms with Gasteiger partial charge in [0.25, 0.3) is 0 Å². The van der Waals surface area contributed by atoms with Crippen molar-refractivity contribution in [1.29, 1.82) is 0 Å². The van der Waals surface area contributed by atoms with Gasteiger partial charge < -0.3 is 4.90 Å². The third-order valence-electron chi connectivity index (χ3n) is 2.56. The maximum Gasteiger partial charge on any atom is 0.246 e. The second-order valence-electron chi connectivity index (χ2n) is 4.07. The Bertz CT molecular complexity index is 564. The molecule has 2 rings (SSSR count). The van der Waals surface area contributed by atoms with Crippen LogP contribution in [0.15, 0.2) is 45.7 Å². The Morgan fingerprint density at radius 1 is 1.42 bits per heavy atom. The van der Waals surface area contributed by atoms with Crippen LogP contribution in [0.3, 0.4) is 0 Å². The highest BCUT2D eigenvalue weighted by atomic mass is 79.9. The summed E-state index contributed by atoms with van der Waals surface area (Å²) in [6.45, 7) is 0.591. The van der Waals surface area contributed by atoms with Crippen LogP contribution in [0.25, 0.3) is 6.08 Å². The Labute approximate surface area is 124 Å². The van der Waals surface area contributed by atoms with E-state index in [1.54, 1.807) is 29.6 Å². The molecule has 19 heavy (non-hydrogen) atoms. The molecule has 1 heterocycles. The predicted molar refractivity (Wildman–Crippen MR) is 81.8 cm³/mol. The van der Waals surface area contributed by atoms with E-state index in [0.717, 1.165) is 15.7 Å². The normalized spacial score (nSPS) is 10.8. The summed E-state index contributed by atoms with van der Waals surface area (Å²) in [4.78, 5) is 17.7. The van der Waals surface area contributed by atoms with Crippen molar-refractivity contribution in [3.05, 3.63) is 57.0 Å². The summed E-state index contributed by atoms with van der Waals surface area (Å²) in [5.41, 5.74) is 3.66. The Kier molecular flexibility index (Phi) is 4.87. The molecule has 0 saturated heterocycles. The first-order valence-electron chi connectivity index (χ1n) is 5.71. The van der Waals surface area contributed by atoms with Crippen LogP contribution in [0.4, 0.5) is 0 Å². The van der Waals surface area contributed by atoms with Crippen molar-refractivity contribution in [2.45, 2.75) is 6.54 Å². The molecule has 3 nitrogen and oxygen atoms in total. The summed E-state index contributed by atoms with van der Waals surface area (Å²) in [5.74, 6) is -0.0316.